The van der Waals surface area contributed by atoms with Crippen LogP contribution in [0.1, 0.15) is 27.7 Å². The van der Waals surface area contributed by atoms with Gasteiger partial charge in [-0.15, -0.1) is 11.3 Å². The lowest BCUT2D eigenvalue weighted by Crippen LogP contribution is -2.48. The Bertz CT molecular complexity index is 726. The summed E-state index contributed by atoms with van der Waals surface area (Å²) >= 11 is 7.55. The number of nitrogens with zero attached hydrogens (tertiary/aromatic N) is 1. The molecule has 0 saturated heterocycles. The zero-order chi connectivity index (χ0) is 16.4. The first-order valence-corrected chi connectivity index (χ1v) is 8.71. The Morgan fingerprint density at radius 2 is 2.00 bits per heavy atom. The molecule has 0 radical (unpaired) electrons. The van der Waals surface area contributed by atoms with Gasteiger partial charge in [0, 0.05) is 28.6 Å². The molecule has 3 rings (SSSR count). The highest BCUT2D eigenvalue weighted by molar-refractivity contribution is 7.10. The highest BCUT2D eigenvalue weighted by Crippen LogP contribution is 2.24. The van der Waals surface area contributed by atoms with Crippen LogP contribution in [0.5, 0.6) is 0 Å². The highest BCUT2D eigenvalue weighted by Gasteiger charge is 2.26. The van der Waals surface area contributed by atoms with Gasteiger partial charge in [0.15, 0.2) is 0 Å². The lowest BCUT2D eigenvalue weighted by atomic mass is 10.1. The smallest absolute Gasteiger partial charge is 0.251 e. The van der Waals surface area contributed by atoms with E-state index in [4.69, 9.17) is 11.6 Å². The van der Waals surface area contributed by atoms with Gasteiger partial charge in [-0.05, 0) is 54.6 Å². The summed E-state index contributed by atoms with van der Waals surface area (Å²) in [5.74, 6) is -0.320. The summed E-state index contributed by atoms with van der Waals surface area (Å²) in [6, 6.07) is 8.12. The van der Waals surface area contributed by atoms with Crippen LogP contribution in [0.3, 0.4) is 0 Å². The Labute approximate surface area is 144 Å². The summed E-state index contributed by atoms with van der Waals surface area (Å²) in [5.41, 5.74) is 1.71. The van der Waals surface area contributed by atoms with Crippen molar-refractivity contribution in [2.75, 3.05) is 6.54 Å². The standard InChI is InChI=1S/C17H17ClN2O2S/c1-11(19-16(21)12-2-4-14(18)5-3-12)17(22)20-8-6-15-13(10-20)7-9-23-15/h2-5,7,9,11H,6,8,10H2,1H3,(H,19,21)/t11-/m0/s1. The van der Waals surface area contributed by atoms with E-state index in [2.05, 4.69) is 16.8 Å². The molecule has 1 aliphatic heterocycles. The molecule has 2 amide bonds. The van der Waals surface area contributed by atoms with Crippen LogP contribution in [-0.4, -0.2) is 29.3 Å². The van der Waals surface area contributed by atoms with Crippen molar-refractivity contribution in [1.29, 1.82) is 0 Å². The summed E-state index contributed by atoms with van der Waals surface area (Å²) in [5, 5.41) is 5.39. The average molecular weight is 349 g/mol. The second-order valence-corrected chi connectivity index (χ2v) is 7.02. The number of carbonyl (C=O) groups is 2. The van der Waals surface area contributed by atoms with E-state index in [0.717, 1.165) is 6.42 Å². The maximum Gasteiger partial charge on any atom is 0.251 e. The number of hydrogen-bond acceptors (Lipinski definition) is 3. The predicted octanol–water partition coefficient (Wildman–Crippen LogP) is 3.10. The first-order valence-electron chi connectivity index (χ1n) is 7.45. The number of halogens is 1. The second-order valence-electron chi connectivity index (χ2n) is 5.58. The van der Waals surface area contributed by atoms with E-state index < -0.39 is 6.04 Å². The van der Waals surface area contributed by atoms with Crippen LogP contribution in [0.25, 0.3) is 0 Å². The molecule has 2 aromatic rings. The molecule has 0 spiro atoms. The third-order valence-electron chi connectivity index (χ3n) is 3.94. The van der Waals surface area contributed by atoms with Crippen molar-refractivity contribution >= 4 is 34.8 Å². The molecule has 1 N–H and O–H groups in total. The van der Waals surface area contributed by atoms with Crippen LogP contribution < -0.4 is 5.32 Å². The summed E-state index contributed by atoms with van der Waals surface area (Å²) in [7, 11) is 0. The third kappa shape index (κ3) is 3.57. The first-order chi connectivity index (χ1) is 11.0. The molecule has 2 heterocycles. The van der Waals surface area contributed by atoms with Gasteiger partial charge in [0.05, 0.1) is 0 Å². The van der Waals surface area contributed by atoms with Crippen LogP contribution >= 0.6 is 22.9 Å². The lowest BCUT2D eigenvalue weighted by molar-refractivity contribution is -0.133. The van der Waals surface area contributed by atoms with Gasteiger partial charge in [0.2, 0.25) is 5.91 Å². The van der Waals surface area contributed by atoms with Gasteiger partial charge in [-0.2, -0.15) is 0 Å². The van der Waals surface area contributed by atoms with Crippen LogP contribution in [-0.2, 0) is 17.8 Å². The number of thiophene rings is 1. The number of carbonyl (C=O) groups excluding carboxylic acids is 2. The molecule has 0 unspecified atom stereocenters. The number of amides is 2. The second kappa shape index (κ2) is 6.72. The largest absolute Gasteiger partial charge is 0.341 e. The van der Waals surface area contributed by atoms with E-state index >= 15 is 0 Å². The summed E-state index contributed by atoms with van der Waals surface area (Å²) < 4.78 is 0. The van der Waals surface area contributed by atoms with E-state index in [1.807, 2.05) is 4.90 Å². The van der Waals surface area contributed by atoms with Crippen molar-refractivity contribution in [2.24, 2.45) is 0 Å². The molecule has 1 atom stereocenters. The van der Waals surface area contributed by atoms with Gasteiger partial charge in [-0.1, -0.05) is 11.6 Å². The number of benzene rings is 1. The Morgan fingerprint density at radius 3 is 2.74 bits per heavy atom. The van der Waals surface area contributed by atoms with Crippen molar-refractivity contribution in [3.63, 3.8) is 0 Å². The van der Waals surface area contributed by atoms with Crippen molar-refractivity contribution in [3.05, 3.63) is 56.7 Å². The predicted molar refractivity (Wildman–Crippen MR) is 91.8 cm³/mol. The zero-order valence-electron chi connectivity index (χ0n) is 12.7. The molecule has 0 fully saturated rings. The van der Waals surface area contributed by atoms with Gasteiger partial charge < -0.3 is 10.2 Å². The van der Waals surface area contributed by atoms with Gasteiger partial charge in [-0.25, -0.2) is 0 Å². The Kier molecular flexibility index (Phi) is 4.68. The minimum absolute atomic E-state index is 0.0517. The van der Waals surface area contributed by atoms with Crippen molar-refractivity contribution in [1.82, 2.24) is 10.2 Å². The molecule has 1 aromatic carbocycles. The normalized spacial score (nSPS) is 15.0. The minimum Gasteiger partial charge on any atom is -0.341 e. The summed E-state index contributed by atoms with van der Waals surface area (Å²) in [6.07, 6.45) is 0.886. The number of rotatable bonds is 3. The van der Waals surface area contributed by atoms with E-state index in [1.165, 1.54) is 10.4 Å². The fraction of sp³-hybridized carbons (Fsp3) is 0.294. The molecule has 120 valence electrons. The Balaban J connectivity index is 1.62. The minimum atomic E-state index is -0.557. The zero-order valence-corrected chi connectivity index (χ0v) is 14.3. The molecule has 0 saturated carbocycles. The Hall–Kier alpha value is -1.85. The van der Waals surface area contributed by atoms with Gasteiger partial charge in [0.25, 0.3) is 5.91 Å². The van der Waals surface area contributed by atoms with Crippen LogP contribution in [0.2, 0.25) is 5.02 Å². The molecule has 1 aliphatic rings. The number of hydrogen-bond donors (Lipinski definition) is 1. The van der Waals surface area contributed by atoms with Crippen LogP contribution in [0.15, 0.2) is 35.7 Å². The van der Waals surface area contributed by atoms with Crippen LogP contribution in [0.4, 0.5) is 0 Å². The van der Waals surface area contributed by atoms with Gasteiger partial charge >= 0.3 is 0 Å². The summed E-state index contributed by atoms with van der Waals surface area (Å²) in [4.78, 5) is 27.9. The summed E-state index contributed by atoms with van der Waals surface area (Å²) in [6.45, 7) is 3.05. The SMILES string of the molecule is C[C@H](NC(=O)c1ccc(Cl)cc1)C(=O)N1CCc2sccc2C1. The average Bonchev–Trinajstić information content (AvgIpc) is 3.02. The monoisotopic (exact) mass is 348 g/mol. The molecule has 1 aromatic heterocycles. The molecular weight excluding hydrogens is 332 g/mol. The van der Waals surface area contributed by atoms with Crippen molar-refractivity contribution in [2.45, 2.75) is 25.9 Å². The quantitative estimate of drug-likeness (QED) is 0.926. The number of nitrogens with one attached hydrogen (secondary N) is 1. The van der Waals surface area contributed by atoms with E-state index in [9.17, 15) is 9.59 Å². The lowest BCUT2D eigenvalue weighted by Gasteiger charge is -2.29. The maximum atomic E-state index is 12.5. The van der Waals surface area contributed by atoms with Crippen molar-refractivity contribution < 1.29 is 9.59 Å². The fourth-order valence-electron chi connectivity index (χ4n) is 2.65. The van der Waals surface area contributed by atoms with Gasteiger partial charge in [0.1, 0.15) is 6.04 Å². The van der Waals surface area contributed by atoms with E-state index in [-0.39, 0.29) is 11.8 Å². The highest BCUT2D eigenvalue weighted by atomic mass is 35.5. The maximum absolute atomic E-state index is 12.5. The fourth-order valence-corrected chi connectivity index (χ4v) is 3.67. The molecule has 23 heavy (non-hydrogen) atoms. The molecule has 6 heteroatoms. The molecule has 0 aliphatic carbocycles. The Morgan fingerprint density at radius 1 is 1.26 bits per heavy atom. The van der Waals surface area contributed by atoms with Gasteiger partial charge in [-0.3, -0.25) is 9.59 Å². The first kappa shape index (κ1) is 16.0. The molecular formula is C17H17ClN2O2S. The van der Waals surface area contributed by atoms with Crippen molar-refractivity contribution in [3.8, 4) is 0 Å². The van der Waals surface area contributed by atoms with E-state index in [1.54, 1.807) is 42.5 Å². The third-order valence-corrected chi connectivity index (χ3v) is 5.22. The van der Waals surface area contributed by atoms with Crippen LogP contribution in [0, 0.1) is 0 Å². The number of fused-ring (bicyclic) bond motifs is 1. The molecule has 4 nitrogen and oxygen atoms in total. The van der Waals surface area contributed by atoms with E-state index in [0.29, 0.717) is 23.7 Å². The molecule has 0 bridgehead atoms. The topological polar surface area (TPSA) is 49.4 Å².